The van der Waals surface area contributed by atoms with Gasteiger partial charge in [0.05, 0.1) is 0 Å². The van der Waals surface area contributed by atoms with Crippen LogP contribution in [-0.2, 0) is 4.79 Å². The molecule has 0 aromatic heterocycles. The van der Waals surface area contributed by atoms with E-state index in [9.17, 15) is 4.79 Å². The molecule has 0 spiro atoms. The Morgan fingerprint density at radius 3 is 2.30 bits per heavy atom. The van der Waals surface area contributed by atoms with Crippen molar-refractivity contribution in [2.24, 2.45) is 0 Å². The van der Waals surface area contributed by atoms with E-state index in [4.69, 9.17) is 0 Å². The summed E-state index contributed by atoms with van der Waals surface area (Å²) in [6.07, 6.45) is 0. The van der Waals surface area contributed by atoms with Crippen LogP contribution < -0.4 is 10.6 Å². The van der Waals surface area contributed by atoms with Crippen molar-refractivity contribution in [3.8, 4) is 0 Å². The van der Waals surface area contributed by atoms with Crippen LogP contribution in [0.4, 0.5) is 11.4 Å². The number of carbonyl (C=O) groups excluding carboxylic acids is 1. The van der Waals surface area contributed by atoms with Crippen LogP contribution >= 0.6 is 0 Å². The zero-order valence-corrected chi connectivity index (χ0v) is 12.1. The Kier molecular flexibility index (Phi) is 4.41. The first-order chi connectivity index (χ1) is 9.56. The minimum absolute atomic E-state index is 0.0468. The number of hydrogen-bond donors (Lipinski definition) is 2. The molecule has 3 heteroatoms. The van der Waals surface area contributed by atoms with Crippen LogP contribution in [0.15, 0.2) is 48.5 Å². The van der Waals surface area contributed by atoms with Crippen molar-refractivity contribution in [1.82, 2.24) is 0 Å². The van der Waals surface area contributed by atoms with E-state index in [0.29, 0.717) is 0 Å². The zero-order valence-electron chi connectivity index (χ0n) is 12.1. The largest absolute Gasteiger partial charge is 0.374 e. The minimum atomic E-state index is -0.294. The zero-order chi connectivity index (χ0) is 14.5. The van der Waals surface area contributed by atoms with Gasteiger partial charge in [-0.1, -0.05) is 24.3 Å². The quantitative estimate of drug-likeness (QED) is 0.886. The highest BCUT2D eigenvalue weighted by molar-refractivity contribution is 5.96. The molecule has 0 aliphatic carbocycles. The smallest absolute Gasteiger partial charge is 0.246 e. The summed E-state index contributed by atoms with van der Waals surface area (Å²) in [6.45, 7) is 5.99. The third kappa shape index (κ3) is 3.60. The highest BCUT2D eigenvalue weighted by Crippen LogP contribution is 2.15. The Bertz CT molecular complexity index is 593. The summed E-state index contributed by atoms with van der Waals surface area (Å²) in [7, 11) is 0. The number of aryl methyl sites for hydroxylation is 2. The van der Waals surface area contributed by atoms with Crippen molar-refractivity contribution in [2.75, 3.05) is 10.6 Å². The highest BCUT2D eigenvalue weighted by Gasteiger charge is 2.12. The van der Waals surface area contributed by atoms with Crippen LogP contribution in [0.25, 0.3) is 0 Å². The lowest BCUT2D eigenvalue weighted by Gasteiger charge is -2.16. The lowest BCUT2D eigenvalue weighted by Crippen LogP contribution is -2.31. The number of rotatable bonds is 4. The summed E-state index contributed by atoms with van der Waals surface area (Å²) < 4.78 is 0. The fourth-order valence-corrected chi connectivity index (χ4v) is 1.92. The van der Waals surface area contributed by atoms with Gasteiger partial charge in [0.1, 0.15) is 6.04 Å². The van der Waals surface area contributed by atoms with Gasteiger partial charge in [0.15, 0.2) is 0 Å². The van der Waals surface area contributed by atoms with E-state index < -0.39 is 0 Å². The maximum absolute atomic E-state index is 12.1. The molecule has 0 heterocycles. The first-order valence-electron chi connectivity index (χ1n) is 6.76. The monoisotopic (exact) mass is 268 g/mol. The van der Waals surface area contributed by atoms with Gasteiger partial charge in [-0.05, 0) is 56.2 Å². The van der Waals surface area contributed by atoms with Crippen LogP contribution in [0.2, 0.25) is 0 Å². The SMILES string of the molecule is Cc1ccc(N[C@H](C)C(=O)Nc2ccccc2)cc1C. The average molecular weight is 268 g/mol. The predicted octanol–water partition coefficient (Wildman–Crippen LogP) is 3.74. The number of anilines is 2. The summed E-state index contributed by atoms with van der Waals surface area (Å²) in [4.78, 5) is 12.1. The van der Waals surface area contributed by atoms with E-state index >= 15 is 0 Å². The molecule has 2 N–H and O–H groups in total. The molecule has 0 aliphatic rings. The normalized spacial score (nSPS) is 11.8. The van der Waals surface area contributed by atoms with Gasteiger partial charge in [0, 0.05) is 11.4 Å². The van der Waals surface area contributed by atoms with Crippen molar-refractivity contribution < 1.29 is 4.79 Å². The van der Waals surface area contributed by atoms with Crippen molar-refractivity contribution in [2.45, 2.75) is 26.8 Å². The van der Waals surface area contributed by atoms with E-state index in [1.165, 1.54) is 11.1 Å². The fourth-order valence-electron chi connectivity index (χ4n) is 1.92. The lowest BCUT2D eigenvalue weighted by atomic mass is 10.1. The number of nitrogens with one attached hydrogen (secondary N) is 2. The molecule has 0 aliphatic heterocycles. The molecule has 104 valence electrons. The molecular formula is C17H20N2O. The van der Waals surface area contributed by atoms with Crippen molar-refractivity contribution in [1.29, 1.82) is 0 Å². The molecule has 1 amide bonds. The Balaban J connectivity index is 1.98. The lowest BCUT2D eigenvalue weighted by molar-refractivity contribution is -0.116. The summed E-state index contributed by atoms with van der Waals surface area (Å²) in [5.74, 6) is -0.0468. The van der Waals surface area contributed by atoms with Crippen LogP contribution in [0.5, 0.6) is 0 Å². The Morgan fingerprint density at radius 2 is 1.65 bits per heavy atom. The maximum atomic E-state index is 12.1. The molecule has 1 atom stereocenters. The van der Waals surface area contributed by atoms with E-state index in [2.05, 4.69) is 36.6 Å². The number of benzene rings is 2. The summed E-state index contributed by atoms with van der Waals surface area (Å²) in [6, 6.07) is 15.3. The van der Waals surface area contributed by atoms with E-state index in [1.54, 1.807) is 0 Å². The molecule has 3 nitrogen and oxygen atoms in total. The minimum Gasteiger partial charge on any atom is -0.374 e. The van der Waals surface area contributed by atoms with Crippen LogP contribution in [0.1, 0.15) is 18.1 Å². The average Bonchev–Trinajstić information content (AvgIpc) is 2.44. The van der Waals surface area contributed by atoms with E-state index in [-0.39, 0.29) is 11.9 Å². The highest BCUT2D eigenvalue weighted by atomic mass is 16.2. The van der Waals surface area contributed by atoms with Gasteiger partial charge in [0.25, 0.3) is 0 Å². The molecule has 0 saturated carbocycles. The topological polar surface area (TPSA) is 41.1 Å². The predicted molar refractivity (Wildman–Crippen MR) is 84.1 cm³/mol. The molecular weight excluding hydrogens is 248 g/mol. The summed E-state index contributed by atoms with van der Waals surface area (Å²) >= 11 is 0. The molecule has 0 radical (unpaired) electrons. The molecule has 2 aromatic carbocycles. The Hall–Kier alpha value is -2.29. The second-order valence-corrected chi connectivity index (χ2v) is 5.02. The second kappa shape index (κ2) is 6.24. The van der Waals surface area contributed by atoms with Gasteiger partial charge in [-0.3, -0.25) is 4.79 Å². The van der Waals surface area contributed by atoms with Crippen LogP contribution in [0, 0.1) is 13.8 Å². The van der Waals surface area contributed by atoms with E-state index in [0.717, 1.165) is 11.4 Å². The summed E-state index contributed by atoms with van der Waals surface area (Å²) in [5.41, 5.74) is 4.23. The number of amides is 1. The fraction of sp³-hybridized carbons (Fsp3) is 0.235. The van der Waals surface area contributed by atoms with Gasteiger partial charge in [-0.2, -0.15) is 0 Å². The molecule has 0 saturated heterocycles. The Morgan fingerprint density at radius 1 is 0.950 bits per heavy atom. The van der Waals surface area contributed by atoms with Gasteiger partial charge in [-0.15, -0.1) is 0 Å². The first kappa shape index (κ1) is 14.1. The third-order valence-electron chi connectivity index (χ3n) is 3.32. The molecule has 0 fully saturated rings. The molecule has 0 unspecified atom stereocenters. The number of hydrogen-bond acceptors (Lipinski definition) is 2. The van der Waals surface area contributed by atoms with Gasteiger partial charge >= 0.3 is 0 Å². The molecule has 0 bridgehead atoms. The van der Waals surface area contributed by atoms with Crippen LogP contribution in [-0.4, -0.2) is 11.9 Å². The Labute approximate surface area is 120 Å². The van der Waals surface area contributed by atoms with Gasteiger partial charge in [-0.25, -0.2) is 0 Å². The van der Waals surface area contributed by atoms with Crippen molar-refractivity contribution >= 4 is 17.3 Å². The molecule has 20 heavy (non-hydrogen) atoms. The first-order valence-corrected chi connectivity index (χ1v) is 6.76. The maximum Gasteiger partial charge on any atom is 0.246 e. The second-order valence-electron chi connectivity index (χ2n) is 5.02. The number of carbonyl (C=O) groups is 1. The van der Waals surface area contributed by atoms with Gasteiger partial charge < -0.3 is 10.6 Å². The number of para-hydroxylation sites is 1. The summed E-state index contributed by atoms with van der Waals surface area (Å²) in [5, 5.41) is 6.10. The third-order valence-corrected chi connectivity index (χ3v) is 3.32. The van der Waals surface area contributed by atoms with Crippen molar-refractivity contribution in [3.05, 3.63) is 59.7 Å². The van der Waals surface area contributed by atoms with Crippen molar-refractivity contribution in [3.63, 3.8) is 0 Å². The molecule has 2 rings (SSSR count). The van der Waals surface area contributed by atoms with Crippen LogP contribution in [0.3, 0.4) is 0 Å². The standard InChI is InChI=1S/C17H20N2O/c1-12-9-10-16(11-13(12)2)18-14(3)17(20)19-15-7-5-4-6-8-15/h4-11,14,18H,1-3H3,(H,19,20)/t14-/m1/s1. The molecule has 2 aromatic rings. The van der Waals surface area contributed by atoms with Gasteiger partial charge in [0.2, 0.25) is 5.91 Å². The van der Waals surface area contributed by atoms with E-state index in [1.807, 2.05) is 43.3 Å².